The van der Waals surface area contributed by atoms with Crippen LogP contribution in [-0.4, -0.2) is 38.7 Å². The van der Waals surface area contributed by atoms with Gasteiger partial charge in [0.1, 0.15) is 10.6 Å². The molecule has 7 nitrogen and oxygen atoms in total. The smallest absolute Gasteiger partial charge is 0.268 e. The molecular formula is C12H21N3O4S. The van der Waals surface area contributed by atoms with E-state index in [1.54, 1.807) is 7.05 Å². The summed E-state index contributed by atoms with van der Waals surface area (Å²) in [6, 6.07) is 1.25. The van der Waals surface area contributed by atoms with Gasteiger partial charge in [-0.1, -0.05) is 13.8 Å². The highest BCUT2D eigenvalue weighted by Crippen LogP contribution is 2.11. The van der Waals surface area contributed by atoms with Crippen LogP contribution in [0.15, 0.2) is 17.2 Å². The number of nitrogens with zero attached hydrogens (tertiary/aromatic N) is 1. The maximum atomic E-state index is 11.9. The van der Waals surface area contributed by atoms with Crippen LogP contribution >= 0.6 is 0 Å². The van der Waals surface area contributed by atoms with Gasteiger partial charge in [-0.25, -0.2) is 13.6 Å². The van der Waals surface area contributed by atoms with Gasteiger partial charge in [0, 0.05) is 26.4 Å². The van der Waals surface area contributed by atoms with E-state index in [4.69, 9.17) is 9.88 Å². The van der Waals surface area contributed by atoms with Crippen LogP contribution in [0.2, 0.25) is 0 Å². The number of rotatable bonds is 7. The molecule has 0 radical (unpaired) electrons. The Bertz CT molecular complexity index is 563. The SMILES string of the molecule is CC(C)COCCNC(=O)c1cc(S(N)(=O)=O)cn1C. The zero-order valence-electron chi connectivity index (χ0n) is 11.9. The van der Waals surface area contributed by atoms with Gasteiger partial charge in [-0.3, -0.25) is 4.79 Å². The minimum Gasteiger partial charge on any atom is -0.379 e. The first-order valence-electron chi connectivity index (χ1n) is 6.27. The molecule has 0 aliphatic carbocycles. The van der Waals surface area contributed by atoms with Gasteiger partial charge in [0.15, 0.2) is 0 Å². The summed E-state index contributed by atoms with van der Waals surface area (Å²) in [5.41, 5.74) is 0.234. The van der Waals surface area contributed by atoms with Gasteiger partial charge < -0.3 is 14.6 Å². The van der Waals surface area contributed by atoms with Gasteiger partial charge in [0.05, 0.1) is 6.61 Å². The Balaban J connectivity index is 2.54. The van der Waals surface area contributed by atoms with Crippen molar-refractivity contribution in [3.05, 3.63) is 18.0 Å². The van der Waals surface area contributed by atoms with E-state index in [1.165, 1.54) is 16.8 Å². The number of nitrogens with one attached hydrogen (secondary N) is 1. The number of aryl methyl sites for hydroxylation is 1. The number of carbonyl (C=O) groups excluding carboxylic acids is 1. The lowest BCUT2D eigenvalue weighted by atomic mass is 10.2. The highest BCUT2D eigenvalue weighted by atomic mass is 32.2. The highest BCUT2D eigenvalue weighted by Gasteiger charge is 2.16. The first-order valence-corrected chi connectivity index (χ1v) is 7.81. The molecular weight excluding hydrogens is 282 g/mol. The Morgan fingerprint density at radius 2 is 2.15 bits per heavy atom. The number of primary sulfonamides is 1. The molecule has 1 amide bonds. The number of ether oxygens (including phenoxy) is 1. The van der Waals surface area contributed by atoms with Crippen LogP contribution in [0.3, 0.4) is 0 Å². The predicted molar refractivity (Wildman–Crippen MR) is 74.8 cm³/mol. The maximum absolute atomic E-state index is 11.9. The van der Waals surface area contributed by atoms with E-state index in [0.717, 1.165) is 0 Å². The van der Waals surface area contributed by atoms with Gasteiger partial charge in [0.2, 0.25) is 10.0 Å². The third-order valence-electron chi connectivity index (χ3n) is 2.52. The summed E-state index contributed by atoms with van der Waals surface area (Å²) in [6.07, 6.45) is 1.31. The zero-order chi connectivity index (χ0) is 15.3. The fraction of sp³-hybridized carbons (Fsp3) is 0.583. The van der Waals surface area contributed by atoms with E-state index >= 15 is 0 Å². The van der Waals surface area contributed by atoms with Crippen molar-refractivity contribution >= 4 is 15.9 Å². The Kier molecular flexibility index (Phi) is 5.73. The van der Waals surface area contributed by atoms with Gasteiger partial charge in [-0.2, -0.15) is 0 Å². The van der Waals surface area contributed by atoms with Gasteiger partial charge >= 0.3 is 0 Å². The molecule has 0 spiro atoms. The van der Waals surface area contributed by atoms with Crippen molar-refractivity contribution in [2.45, 2.75) is 18.7 Å². The van der Waals surface area contributed by atoms with Crippen molar-refractivity contribution in [1.29, 1.82) is 0 Å². The summed E-state index contributed by atoms with van der Waals surface area (Å²) in [5, 5.41) is 7.67. The molecule has 0 unspecified atom stereocenters. The number of hydrogen-bond acceptors (Lipinski definition) is 4. The number of aromatic nitrogens is 1. The molecule has 0 saturated carbocycles. The third-order valence-corrected chi connectivity index (χ3v) is 3.40. The fourth-order valence-corrected chi connectivity index (χ4v) is 2.14. The molecule has 0 aliphatic rings. The first-order chi connectivity index (χ1) is 9.21. The second kappa shape index (κ2) is 6.87. The average molecular weight is 303 g/mol. The van der Waals surface area contributed by atoms with Crippen LogP contribution < -0.4 is 10.5 Å². The second-order valence-electron chi connectivity index (χ2n) is 4.94. The molecule has 20 heavy (non-hydrogen) atoms. The second-order valence-corrected chi connectivity index (χ2v) is 6.50. The van der Waals surface area contributed by atoms with Crippen LogP contribution in [0, 0.1) is 5.92 Å². The number of amides is 1. The van der Waals surface area contributed by atoms with E-state index < -0.39 is 10.0 Å². The summed E-state index contributed by atoms with van der Waals surface area (Å²) < 4.78 is 29.1. The molecule has 114 valence electrons. The van der Waals surface area contributed by atoms with Crippen LogP contribution in [0.4, 0.5) is 0 Å². The van der Waals surface area contributed by atoms with Gasteiger partial charge in [-0.05, 0) is 12.0 Å². The van der Waals surface area contributed by atoms with Gasteiger partial charge in [0.25, 0.3) is 5.91 Å². The van der Waals surface area contributed by atoms with E-state index in [0.29, 0.717) is 25.7 Å². The Morgan fingerprint density at radius 1 is 1.50 bits per heavy atom. The number of sulfonamides is 1. The van der Waals surface area contributed by atoms with Crippen molar-refractivity contribution in [2.75, 3.05) is 19.8 Å². The number of carbonyl (C=O) groups is 1. The Morgan fingerprint density at radius 3 is 2.65 bits per heavy atom. The van der Waals surface area contributed by atoms with Crippen molar-refractivity contribution in [2.24, 2.45) is 18.1 Å². The van der Waals surface area contributed by atoms with E-state index in [9.17, 15) is 13.2 Å². The molecule has 0 atom stereocenters. The topological polar surface area (TPSA) is 103 Å². The average Bonchev–Trinajstić information content (AvgIpc) is 2.70. The summed E-state index contributed by atoms with van der Waals surface area (Å²) in [6.45, 7) is 5.49. The summed E-state index contributed by atoms with van der Waals surface area (Å²) in [4.78, 5) is 11.8. The molecule has 3 N–H and O–H groups in total. The number of nitrogens with two attached hydrogens (primary N) is 1. The monoisotopic (exact) mass is 303 g/mol. The van der Waals surface area contributed by atoms with Crippen LogP contribution in [0.1, 0.15) is 24.3 Å². The lowest BCUT2D eigenvalue weighted by Gasteiger charge is -2.08. The van der Waals surface area contributed by atoms with Crippen molar-refractivity contribution in [3.63, 3.8) is 0 Å². The van der Waals surface area contributed by atoms with Crippen LogP contribution in [0.25, 0.3) is 0 Å². The van der Waals surface area contributed by atoms with Crippen LogP contribution in [-0.2, 0) is 21.8 Å². The molecule has 0 bridgehead atoms. The molecule has 0 aliphatic heterocycles. The van der Waals surface area contributed by atoms with Crippen LogP contribution in [0.5, 0.6) is 0 Å². The molecule has 0 saturated heterocycles. The molecule has 0 aromatic carbocycles. The lowest BCUT2D eigenvalue weighted by Crippen LogP contribution is -2.29. The first kappa shape index (κ1) is 16.7. The van der Waals surface area contributed by atoms with Crippen molar-refractivity contribution in [3.8, 4) is 0 Å². The zero-order valence-corrected chi connectivity index (χ0v) is 12.7. The molecule has 1 aromatic heterocycles. The summed E-state index contributed by atoms with van der Waals surface area (Å²) in [5.74, 6) is 0.0754. The summed E-state index contributed by atoms with van der Waals surface area (Å²) in [7, 11) is -2.22. The lowest BCUT2D eigenvalue weighted by molar-refractivity contribution is 0.0879. The summed E-state index contributed by atoms with van der Waals surface area (Å²) >= 11 is 0. The Hall–Kier alpha value is -1.38. The molecule has 1 aromatic rings. The quantitative estimate of drug-likeness (QED) is 0.696. The molecule has 1 heterocycles. The molecule has 8 heteroatoms. The minimum atomic E-state index is -3.80. The van der Waals surface area contributed by atoms with E-state index in [-0.39, 0.29) is 16.5 Å². The van der Waals surface area contributed by atoms with Crippen molar-refractivity contribution < 1.29 is 17.9 Å². The van der Waals surface area contributed by atoms with Gasteiger partial charge in [-0.15, -0.1) is 0 Å². The highest BCUT2D eigenvalue weighted by molar-refractivity contribution is 7.89. The van der Waals surface area contributed by atoms with E-state index in [1.807, 2.05) is 13.8 Å². The number of hydrogen-bond donors (Lipinski definition) is 2. The van der Waals surface area contributed by atoms with Crippen molar-refractivity contribution in [1.82, 2.24) is 9.88 Å². The fourth-order valence-electron chi connectivity index (χ4n) is 1.56. The maximum Gasteiger partial charge on any atom is 0.268 e. The predicted octanol–water partition coefficient (Wildman–Crippen LogP) is 0.0749. The standard InChI is InChI=1S/C12H21N3O4S/c1-9(2)8-19-5-4-14-12(16)11-6-10(7-15(11)3)20(13,17)18/h6-7,9H,4-5,8H2,1-3H3,(H,14,16)(H2,13,17,18). The molecule has 0 fully saturated rings. The van der Waals surface area contributed by atoms with E-state index in [2.05, 4.69) is 5.32 Å². The molecule has 1 rings (SSSR count). The third kappa shape index (κ3) is 4.95. The largest absolute Gasteiger partial charge is 0.379 e. The minimum absolute atomic E-state index is 0.0822. The Labute approximate surface area is 119 Å². The normalized spacial score (nSPS) is 11.8.